The van der Waals surface area contributed by atoms with Crippen molar-refractivity contribution in [1.29, 1.82) is 5.26 Å². The number of hydrogen-bond donors (Lipinski definition) is 1. The van der Waals surface area contributed by atoms with E-state index in [0.717, 1.165) is 27.8 Å². The molecule has 0 spiro atoms. The van der Waals surface area contributed by atoms with E-state index in [2.05, 4.69) is 16.4 Å². The van der Waals surface area contributed by atoms with Crippen molar-refractivity contribution in [3.63, 3.8) is 0 Å². The molecule has 7 nitrogen and oxygen atoms in total. The lowest BCUT2D eigenvalue weighted by atomic mass is 10.0. The van der Waals surface area contributed by atoms with Crippen LogP contribution >= 0.6 is 23.1 Å². The van der Waals surface area contributed by atoms with Crippen LogP contribution in [0.15, 0.2) is 83.2 Å². The van der Waals surface area contributed by atoms with Gasteiger partial charge in [0.25, 0.3) is 5.69 Å². The highest BCUT2D eigenvalue weighted by atomic mass is 32.2. The van der Waals surface area contributed by atoms with E-state index in [4.69, 9.17) is 0 Å². The Labute approximate surface area is 197 Å². The maximum absolute atomic E-state index is 12.6. The molecule has 2 heterocycles. The van der Waals surface area contributed by atoms with Crippen molar-refractivity contribution < 1.29 is 9.72 Å². The molecule has 162 valence electrons. The van der Waals surface area contributed by atoms with Gasteiger partial charge in [0.2, 0.25) is 5.91 Å². The maximum Gasteiger partial charge on any atom is 0.292 e. The van der Waals surface area contributed by atoms with Crippen LogP contribution < -0.4 is 5.32 Å². The first-order chi connectivity index (χ1) is 16.1. The molecule has 1 N–H and O–H groups in total. The number of hydrogen-bond acceptors (Lipinski definition) is 7. The van der Waals surface area contributed by atoms with Gasteiger partial charge in [-0.25, -0.2) is 4.98 Å². The van der Waals surface area contributed by atoms with Crippen LogP contribution in [0.1, 0.15) is 5.56 Å². The summed E-state index contributed by atoms with van der Waals surface area (Å²) in [6, 6.07) is 23.5. The van der Waals surface area contributed by atoms with Gasteiger partial charge in [-0.05, 0) is 29.1 Å². The number of anilines is 1. The Morgan fingerprint density at radius 2 is 1.88 bits per heavy atom. The zero-order valence-corrected chi connectivity index (χ0v) is 18.7. The quantitative estimate of drug-likeness (QED) is 0.201. The van der Waals surface area contributed by atoms with Crippen LogP contribution in [-0.4, -0.2) is 21.6 Å². The van der Waals surface area contributed by atoms with Gasteiger partial charge >= 0.3 is 0 Å². The Morgan fingerprint density at radius 1 is 1.12 bits per heavy atom. The highest BCUT2D eigenvalue weighted by Gasteiger charge is 2.19. The van der Waals surface area contributed by atoms with Crippen molar-refractivity contribution in [2.45, 2.75) is 5.03 Å². The summed E-state index contributed by atoms with van der Waals surface area (Å²) < 4.78 is 0. The molecule has 4 rings (SSSR count). The number of thioether (sulfide) groups is 1. The SMILES string of the molecule is N#Cc1c(-c2ccccc2)cc(-c2cccs2)nc1SCC(=O)Nc1ccccc1[N+](=O)[O-]. The van der Waals surface area contributed by atoms with Crippen molar-refractivity contribution in [1.82, 2.24) is 4.98 Å². The van der Waals surface area contributed by atoms with Crippen LogP contribution in [0.3, 0.4) is 0 Å². The van der Waals surface area contributed by atoms with Gasteiger partial charge in [-0.2, -0.15) is 5.26 Å². The monoisotopic (exact) mass is 472 g/mol. The minimum Gasteiger partial charge on any atom is -0.320 e. The van der Waals surface area contributed by atoms with Crippen LogP contribution in [0.5, 0.6) is 0 Å². The van der Waals surface area contributed by atoms with E-state index in [0.29, 0.717) is 16.3 Å². The van der Waals surface area contributed by atoms with Crippen LogP contribution in [0.25, 0.3) is 21.7 Å². The molecule has 2 aromatic heterocycles. The molecule has 33 heavy (non-hydrogen) atoms. The fraction of sp³-hybridized carbons (Fsp3) is 0.0417. The Bertz CT molecular complexity index is 1350. The third-order valence-corrected chi connectivity index (χ3v) is 6.54. The number of pyridine rings is 1. The molecule has 0 unspecified atom stereocenters. The number of carbonyl (C=O) groups is 1. The van der Waals surface area contributed by atoms with Gasteiger partial charge in [-0.1, -0.05) is 60.3 Å². The van der Waals surface area contributed by atoms with Gasteiger partial charge in [0.05, 0.1) is 26.8 Å². The minimum absolute atomic E-state index is 0.0597. The molecule has 0 saturated carbocycles. The van der Waals surface area contributed by atoms with Gasteiger partial charge in [-0.15, -0.1) is 11.3 Å². The Morgan fingerprint density at radius 3 is 2.58 bits per heavy atom. The summed E-state index contributed by atoms with van der Waals surface area (Å²) in [5.74, 6) is -0.488. The molecule has 0 saturated heterocycles. The Kier molecular flexibility index (Phi) is 6.78. The Balaban J connectivity index is 1.65. The molecular formula is C24H16N4O3S2. The highest BCUT2D eigenvalue weighted by molar-refractivity contribution is 8.00. The van der Waals surface area contributed by atoms with Crippen molar-refractivity contribution in [3.8, 4) is 27.8 Å². The first-order valence-electron chi connectivity index (χ1n) is 9.77. The lowest BCUT2D eigenvalue weighted by Gasteiger charge is -2.12. The van der Waals surface area contributed by atoms with E-state index >= 15 is 0 Å². The number of nitriles is 1. The normalized spacial score (nSPS) is 10.4. The molecule has 0 radical (unpaired) electrons. The lowest BCUT2D eigenvalue weighted by molar-refractivity contribution is -0.383. The number of nitrogens with one attached hydrogen (secondary N) is 1. The number of thiophene rings is 1. The number of nitrogens with zero attached hydrogens (tertiary/aromatic N) is 3. The first-order valence-corrected chi connectivity index (χ1v) is 11.6. The van der Waals surface area contributed by atoms with Crippen molar-refractivity contribution in [2.75, 3.05) is 11.1 Å². The standard InChI is InChI=1S/C24H16N4O3S2/c25-14-18-17(16-7-2-1-3-8-16)13-20(22-11-6-12-32-22)27-24(18)33-15-23(29)26-19-9-4-5-10-21(19)28(30)31/h1-13H,15H2,(H,26,29). The van der Waals surface area contributed by atoms with Crippen molar-refractivity contribution in [3.05, 3.63) is 93.9 Å². The van der Waals surface area contributed by atoms with Gasteiger partial charge in [0, 0.05) is 11.6 Å². The molecule has 0 aliphatic carbocycles. The summed E-state index contributed by atoms with van der Waals surface area (Å²) in [5.41, 5.74) is 2.64. The second-order valence-corrected chi connectivity index (χ2v) is 8.71. The average Bonchev–Trinajstić information content (AvgIpc) is 3.38. The van der Waals surface area contributed by atoms with Crippen LogP contribution in [0.2, 0.25) is 0 Å². The lowest BCUT2D eigenvalue weighted by Crippen LogP contribution is -2.15. The summed E-state index contributed by atoms with van der Waals surface area (Å²) in [6.45, 7) is 0. The van der Waals surface area contributed by atoms with Crippen LogP contribution in [-0.2, 0) is 4.79 Å². The molecule has 0 aliphatic rings. The second kappa shape index (κ2) is 10.1. The van der Waals surface area contributed by atoms with E-state index in [1.54, 1.807) is 6.07 Å². The van der Waals surface area contributed by atoms with Crippen LogP contribution in [0, 0.1) is 21.4 Å². The average molecular weight is 473 g/mol. The molecule has 0 aliphatic heterocycles. The number of nitro groups is 1. The number of para-hydroxylation sites is 2. The number of aromatic nitrogens is 1. The molecule has 0 bridgehead atoms. The first kappa shape index (κ1) is 22.2. The van der Waals surface area contributed by atoms with Crippen molar-refractivity contribution >= 4 is 40.4 Å². The van der Waals surface area contributed by atoms with Gasteiger partial charge in [0.1, 0.15) is 16.8 Å². The number of carbonyl (C=O) groups excluding carboxylic acids is 1. The third-order valence-electron chi connectivity index (χ3n) is 4.67. The number of rotatable bonds is 7. The fourth-order valence-electron chi connectivity index (χ4n) is 3.19. The summed E-state index contributed by atoms with van der Waals surface area (Å²) in [5, 5.41) is 26.1. The van der Waals surface area contributed by atoms with E-state index in [1.165, 1.54) is 29.5 Å². The predicted molar refractivity (Wildman–Crippen MR) is 130 cm³/mol. The summed E-state index contributed by atoms with van der Waals surface area (Å²) in [4.78, 5) is 28.8. The summed E-state index contributed by atoms with van der Waals surface area (Å²) >= 11 is 2.66. The Hall–Kier alpha value is -4.00. The molecule has 4 aromatic rings. The minimum atomic E-state index is -0.547. The highest BCUT2D eigenvalue weighted by Crippen LogP contribution is 2.35. The third kappa shape index (κ3) is 5.09. The number of nitro benzene ring substituents is 1. The fourth-order valence-corrected chi connectivity index (χ4v) is 4.68. The molecule has 9 heteroatoms. The largest absolute Gasteiger partial charge is 0.320 e. The predicted octanol–water partition coefficient (Wildman–Crippen LogP) is 5.99. The molecular weight excluding hydrogens is 456 g/mol. The van der Waals surface area contributed by atoms with E-state index < -0.39 is 10.8 Å². The topological polar surface area (TPSA) is 109 Å². The zero-order valence-electron chi connectivity index (χ0n) is 17.1. The number of amides is 1. The van der Waals surface area contributed by atoms with Gasteiger partial charge in [-0.3, -0.25) is 14.9 Å². The molecule has 0 atom stereocenters. The molecule has 1 amide bonds. The maximum atomic E-state index is 12.6. The van der Waals surface area contributed by atoms with E-state index in [-0.39, 0.29) is 17.1 Å². The van der Waals surface area contributed by atoms with Gasteiger partial charge < -0.3 is 5.32 Å². The van der Waals surface area contributed by atoms with Crippen LogP contribution in [0.4, 0.5) is 11.4 Å². The second-order valence-electron chi connectivity index (χ2n) is 6.80. The molecule has 0 fully saturated rings. The number of benzene rings is 2. The zero-order chi connectivity index (χ0) is 23.2. The van der Waals surface area contributed by atoms with Gasteiger partial charge in [0.15, 0.2) is 0 Å². The summed E-state index contributed by atoms with van der Waals surface area (Å²) in [6.07, 6.45) is 0. The molecule has 2 aromatic carbocycles. The summed E-state index contributed by atoms with van der Waals surface area (Å²) in [7, 11) is 0. The van der Waals surface area contributed by atoms with Crippen molar-refractivity contribution in [2.24, 2.45) is 0 Å². The van der Waals surface area contributed by atoms with E-state index in [1.807, 2.05) is 53.9 Å². The van der Waals surface area contributed by atoms with E-state index in [9.17, 15) is 20.2 Å². The smallest absolute Gasteiger partial charge is 0.292 e.